The Balaban J connectivity index is 2.41. The van der Waals surface area contributed by atoms with Crippen LogP contribution in [0.3, 0.4) is 0 Å². The van der Waals surface area contributed by atoms with Crippen LogP contribution in [0.25, 0.3) is 0 Å². The maximum Gasteiger partial charge on any atom is 0.500 e. The molecule has 2 atom stereocenters. The number of hydrogen-bond acceptors (Lipinski definition) is 16. The van der Waals surface area contributed by atoms with Crippen molar-refractivity contribution < 1.29 is 36.0 Å². The van der Waals surface area contributed by atoms with Gasteiger partial charge in [-0.2, -0.15) is 0 Å². The van der Waals surface area contributed by atoms with Gasteiger partial charge < -0.3 is 36.0 Å². The van der Waals surface area contributed by atoms with Crippen LogP contribution in [0.15, 0.2) is 0 Å². The summed E-state index contributed by atoms with van der Waals surface area (Å²) >= 11 is 0. The monoisotopic (exact) mass is 1080 g/mol. The Bertz CT molecular complexity index is 943. The molecule has 1 fully saturated rings. The molecule has 62 heavy (non-hydrogen) atoms. The minimum Gasteiger partial charge on any atom is -0.374 e. The maximum atomic E-state index is 6.03. The topological polar surface area (TPSA) is 73.8 Å². The van der Waals surface area contributed by atoms with Crippen LogP contribution in [0.5, 0.6) is 0 Å². The molecule has 2 unspecified atom stereocenters. The molecule has 0 radical (unpaired) electrons. The lowest BCUT2D eigenvalue weighted by Gasteiger charge is -2.45. The molecule has 0 aliphatic heterocycles. The van der Waals surface area contributed by atoms with Gasteiger partial charge in [0.25, 0.3) is 0 Å². The lowest BCUT2D eigenvalue weighted by atomic mass is 9.62. The van der Waals surface area contributed by atoms with Crippen LogP contribution < -0.4 is 0 Å². The minimum atomic E-state index is -2.49. The second kappa shape index (κ2) is 44.1. The molecule has 0 aromatic heterocycles. The molecule has 0 aromatic rings. The maximum absolute atomic E-state index is 6.03. The summed E-state index contributed by atoms with van der Waals surface area (Å²) in [5.74, 6) is 5.94. The summed E-state index contributed by atoms with van der Waals surface area (Å²) in [6.07, 6.45) is 22.2. The largest absolute Gasteiger partial charge is 0.500 e. The first kappa shape index (κ1) is 63.1. The van der Waals surface area contributed by atoms with Crippen molar-refractivity contribution in [2.75, 3.05) is 75.9 Å². The van der Waals surface area contributed by atoms with E-state index < -0.39 is 27.1 Å². The molecule has 0 saturated heterocycles. The van der Waals surface area contributed by atoms with Crippen molar-refractivity contribution >= 4 is 110 Å². The highest BCUT2D eigenvalue weighted by molar-refractivity contribution is 9.26. The second-order valence-electron chi connectivity index (χ2n) is 15.6. The standard InChI is InChI=1S/C43H92O8S8Si3/c1-9-44-42(45-10-2)60-38-33-43(32-37-55-59-57-53-35-26-20-18-22-28-40-62(49-14-6,50-15-7)51-16-8)31-24-23-29-41(43)30-36-54-58-56-52-34-25-19-17-21-27-39-61(46-11-3,47-12-4)48-13-5/h41-42H,9-40,60H2,1-8H3. The predicted molar refractivity (Wildman–Crippen MR) is 296 cm³/mol. The molecule has 1 aliphatic carbocycles. The molecule has 0 amide bonds. The van der Waals surface area contributed by atoms with E-state index in [0.29, 0.717) is 45.1 Å². The van der Waals surface area contributed by atoms with Crippen LogP contribution >= 0.6 is 82.5 Å². The molecule has 0 heterocycles. The lowest BCUT2D eigenvalue weighted by Crippen LogP contribution is -2.45. The van der Waals surface area contributed by atoms with Crippen molar-refractivity contribution in [3.05, 3.63) is 0 Å². The van der Waals surface area contributed by atoms with Crippen molar-refractivity contribution in [3.8, 4) is 0 Å². The zero-order valence-electron chi connectivity index (χ0n) is 40.5. The number of rotatable bonds is 48. The van der Waals surface area contributed by atoms with E-state index in [9.17, 15) is 0 Å². The van der Waals surface area contributed by atoms with Gasteiger partial charge in [0, 0.05) is 88.0 Å². The van der Waals surface area contributed by atoms with E-state index >= 15 is 0 Å². The van der Waals surface area contributed by atoms with Gasteiger partial charge in [0.15, 0.2) is 0 Å². The summed E-state index contributed by atoms with van der Waals surface area (Å²) in [7, 11) is 10.9. The molecule has 1 saturated carbocycles. The molecule has 1 rings (SSSR count). The highest BCUT2D eigenvalue weighted by Gasteiger charge is 2.41. The summed E-state index contributed by atoms with van der Waals surface area (Å²) < 4.78 is 48.2. The van der Waals surface area contributed by atoms with E-state index in [2.05, 4.69) is 35.4 Å². The van der Waals surface area contributed by atoms with E-state index in [-0.39, 0.29) is 5.91 Å². The first-order valence-electron chi connectivity index (χ1n) is 24.6. The van der Waals surface area contributed by atoms with Crippen LogP contribution in [0.2, 0.25) is 18.1 Å². The van der Waals surface area contributed by atoms with E-state index in [1.54, 1.807) is 0 Å². The molecule has 0 spiro atoms. The van der Waals surface area contributed by atoms with E-state index in [4.69, 9.17) is 36.0 Å². The summed E-state index contributed by atoms with van der Waals surface area (Å²) in [5.41, 5.74) is 0.488. The lowest BCUT2D eigenvalue weighted by molar-refractivity contribution is -0.0830. The second-order valence-corrected chi connectivity index (χ2v) is 35.5. The normalized spacial score (nSPS) is 17.7. The minimum absolute atomic E-state index is 0.0833. The quantitative estimate of drug-likeness (QED) is 0.0251. The summed E-state index contributed by atoms with van der Waals surface area (Å²) in [5, 5.41) is 0. The van der Waals surface area contributed by atoms with E-state index in [0.717, 1.165) is 44.1 Å². The highest BCUT2D eigenvalue weighted by atomic mass is 33.7. The van der Waals surface area contributed by atoms with Crippen LogP contribution in [0.4, 0.5) is 0 Å². The highest BCUT2D eigenvalue weighted by Crippen LogP contribution is 2.53. The molecule has 0 aromatic carbocycles. The third kappa shape index (κ3) is 30.7. The van der Waals surface area contributed by atoms with Crippen LogP contribution in [-0.4, -0.2) is 109 Å². The van der Waals surface area contributed by atoms with Crippen LogP contribution in [-0.2, 0) is 36.0 Å². The average molecular weight is 1080 g/mol. The van der Waals surface area contributed by atoms with Gasteiger partial charge in [0.2, 0.25) is 0 Å². The zero-order valence-corrected chi connectivity index (χ0v) is 50.5. The van der Waals surface area contributed by atoms with Crippen molar-refractivity contribution in [3.63, 3.8) is 0 Å². The summed E-state index contributed by atoms with van der Waals surface area (Å²) in [4.78, 5) is 0. The van der Waals surface area contributed by atoms with Gasteiger partial charge in [-0.05, 0) is 157 Å². The SMILES string of the molecule is CCOC(OCC)[SiH2]CCC1(CCSSSSCCCCCCC[Si](OCC)(OCC)OCC)CCCCC1CCSSSSCCCCCCC[Si](OCC)(OCC)OCC. The fourth-order valence-corrected chi connectivity index (χ4v) is 28.5. The van der Waals surface area contributed by atoms with Gasteiger partial charge in [0.05, 0.1) is 9.52 Å². The molecule has 0 bridgehead atoms. The van der Waals surface area contributed by atoms with Crippen molar-refractivity contribution in [1.29, 1.82) is 0 Å². The van der Waals surface area contributed by atoms with Gasteiger partial charge in [-0.3, -0.25) is 0 Å². The van der Waals surface area contributed by atoms with Gasteiger partial charge in [-0.1, -0.05) is 107 Å². The molecule has 1 aliphatic rings. The third-order valence-electron chi connectivity index (χ3n) is 11.3. The molecule has 0 N–H and O–H groups in total. The van der Waals surface area contributed by atoms with E-state index in [1.807, 2.05) is 102 Å². The first-order chi connectivity index (χ1) is 30.4. The number of ether oxygens (including phenoxy) is 2. The fraction of sp³-hybridized carbons (Fsp3) is 1.00. The van der Waals surface area contributed by atoms with Crippen LogP contribution in [0.1, 0.15) is 165 Å². The Morgan fingerprint density at radius 2 is 0.903 bits per heavy atom. The van der Waals surface area contributed by atoms with Gasteiger partial charge in [0.1, 0.15) is 5.91 Å². The Labute approximate surface area is 417 Å². The molecular weight excluding hydrogens is 985 g/mol. The van der Waals surface area contributed by atoms with Crippen molar-refractivity contribution in [1.82, 2.24) is 0 Å². The van der Waals surface area contributed by atoms with Gasteiger partial charge >= 0.3 is 17.6 Å². The smallest absolute Gasteiger partial charge is 0.374 e. The predicted octanol–water partition coefficient (Wildman–Crippen LogP) is 15.6. The third-order valence-corrected chi connectivity index (χ3v) is 32.4. The molecular formula is C43H92O8S8Si3. The van der Waals surface area contributed by atoms with Gasteiger partial charge in [-0.25, -0.2) is 0 Å². The molecule has 372 valence electrons. The molecule has 19 heteroatoms. The molecule has 8 nitrogen and oxygen atoms in total. The summed E-state index contributed by atoms with van der Waals surface area (Å²) in [6.45, 7) is 21.9. The Morgan fingerprint density at radius 1 is 0.484 bits per heavy atom. The van der Waals surface area contributed by atoms with Crippen molar-refractivity contribution in [2.24, 2.45) is 11.3 Å². The zero-order chi connectivity index (χ0) is 45.3. The Morgan fingerprint density at radius 3 is 1.35 bits per heavy atom. The number of hydrogen-bond donors (Lipinski definition) is 0. The first-order valence-corrected chi connectivity index (χ1v) is 40.6. The summed E-state index contributed by atoms with van der Waals surface area (Å²) in [6, 6.07) is 3.22. The number of unbranched alkanes of at least 4 members (excludes halogenated alkanes) is 8. The Kier molecular flexibility index (Phi) is 44.9. The average Bonchev–Trinajstić information content (AvgIpc) is 3.25. The van der Waals surface area contributed by atoms with E-state index in [1.165, 1.54) is 125 Å². The van der Waals surface area contributed by atoms with Crippen molar-refractivity contribution in [2.45, 2.75) is 189 Å². The van der Waals surface area contributed by atoms with Gasteiger partial charge in [-0.15, -0.1) is 0 Å². The Hall–Kier alpha value is 3.13. The fourth-order valence-electron chi connectivity index (χ4n) is 8.54. The van der Waals surface area contributed by atoms with Crippen LogP contribution in [0, 0.1) is 11.3 Å².